The van der Waals surface area contributed by atoms with Crippen LogP contribution in [-0.4, -0.2) is 17.8 Å². The molecule has 3 N–H and O–H groups in total. The van der Waals surface area contributed by atoms with Crippen molar-refractivity contribution in [2.24, 2.45) is 23.5 Å². The number of nitrogens with two attached hydrogens (primary N) is 1. The normalized spacial score (nSPS) is 52.2. The van der Waals surface area contributed by atoms with Crippen LogP contribution in [0.15, 0.2) is 0 Å². The lowest BCUT2D eigenvalue weighted by atomic mass is 9.87. The Balaban J connectivity index is 2.06. The molecule has 58 valence electrons. The van der Waals surface area contributed by atoms with Crippen molar-refractivity contribution in [1.82, 2.24) is 0 Å². The quantitative estimate of drug-likeness (QED) is 0.553. The third kappa shape index (κ3) is 0.789. The molecule has 0 aromatic rings. The largest absolute Gasteiger partial charge is 0.393 e. The molecule has 2 rings (SSSR count). The second kappa shape index (κ2) is 2.21. The Kier molecular flexibility index (Phi) is 1.46. The van der Waals surface area contributed by atoms with Gasteiger partial charge in [-0.05, 0) is 43.6 Å². The molecule has 0 aliphatic heterocycles. The Labute approximate surface area is 61.4 Å². The summed E-state index contributed by atoms with van der Waals surface area (Å²) in [6, 6.07) is 0. The lowest BCUT2D eigenvalue weighted by Gasteiger charge is -2.24. The molecule has 4 unspecified atom stereocenters. The zero-order valence-electron chi connectivity index (χ0n) is 6.16. The van der Waals surface area contributed by atoms with Gasteiger partial charge in [0, 0.05) is 0 Å². The van der Waals surface area contributed by atoms with Crippen LogP contribution in [0.2, 0.25) is 0 Å². The zero-order chi connectivity index (χ0) is 7.14. The van der Waals surface area contributed by atoms with E-state index in [4.69, 9.17) is 5.73 Å². The molecule has 2 fully saturated rings. The molecule has 0 spiro atoms. The van der Waals surface area contributed by atoms with Crippen LogP contribution in [0.4, 0.5) is 0 Å². The maximum atomic E-state index is 9.47. The number of aliphatic hydroxyl groups excluding tert-OH is 1. The predicted octanol–water partition coefficient (Wildman–Crippen LogP) is 0.352. The zero-order valence-corrected chi connectivity index (χ0v) is 6.16. The minimum atomic E-state index is -0.0210. The molecule has 2 nitrogen and oxygen atoms in total. The van der Waals surface area contributed by atoms with Gasteiger partial charge in [0.2, 0.25) is 0 Å². The molecule has 2 aliphatic rings. The van der Waals surface area contributed by atoms with Crippen molar-refractivity contribution in [3.63, 3.8) is 0 Å². The van der Waals surface area contributed by atoms with Gasteiger partial charge in [-0.25, -0.2) is 0 Å². The average Bonchev–Trinajstić information content (AvgIpc) is 2.44. The molecule has 2 bridgehead atoms. The second-order valence-electron chi connectivity index (χ2n) is 3.80. The van der Waals surface area contributed by atoms with Crippen LogP contribution in [0.3, 0.4) is 0 Å². The second-order valence-corrected chi connectivity index (χ2v) is 3.80. The van der Waals surface area contributed by atoms with Gasteiger partial charge >= 0.3 is 0 Å². The molecule has 4 atom stereocenters. The average molecular weight is 141 g/mol. The topological polar surface area (TPSA) is 46.2 Å². The van der Waals surface area contributed by atoms with E-state index >= 15 is 0 Å². The summed E-state index contributed by atoms with van der Waals surface area (Å²) >= 11 is 0. The van der Waals surface area contributed by atoms with Crippen LogP contribution < -0.4 is 5.73 Å². The maximum absolute atomic E-state index is 9.47. The van der Waals surface area contributed by atoms with Gasteiger partial charge in [0.05, 0.1) is 6.10 Å². The number of rotatable bonds is 1. The fourth-order valence-electron chi connectivity index (χ4n) is 2.73. The van der Waals surface area contributed by atoms with Crippen molar-refractivity contribution in [2.75, 3.05) is 6.54 Å². The van der Waals surface area contributed by atoms with E-state index in [0.717, 1.165) is 18.9 Å². The van der Waals surface area contributed by atoms with Gasteiger partial charge < -0.3 is 10.8 Å². The van der Waals surface area contributed by atoms with Crippen molar-refractivity contribution in [1.29, 1.82) is 0 Å². The van der Waals surface area contributed by atoms with E-state index in [1.54, 1.807) is 0 Å². The molecular formula is C8H15NO. The minimum Gasteiger partial charge on any atom is -0.393 e. The van der Waals surface area contributed by atoms with Crippen LogP contribution in [0.5, 0.6) is 0 Å². The van der Waals surface area contributed by atoms with Gasteiger partial charge in [-0.15, -0.1) is 0 Å². The van der Waals surface area contributed by atoms with Gasteiger partial charge in [-0.1, -0.05) is 0 Å². The number of hydrogen-bond donors (Lipinski definition) is 2. The summed E-state index contributed by atoms with van der Waals surface area (Å²) in [4.78, 5) is 0. The van der Waals surface area contributed by atoms with Gasteiger partial charge in [0.15, 0.2) is 0 Å². The smallest absolute Gasteiger partial charge is 0.0574 e. The van der Waals surface area contributed by atoms with Crippen molar-refractivity contribution in [2.45, 2.75) is 25.4 Å². The first-order valence-electron chi connectivity index (χ1n) is 4.19. The molecule has 0 heterocycles. The van der Waals surface area contributed by atoms with E-state index in [-0.39, 0.29) is 6.10 Å². The van der Waals surface area contributed by atoms with Gasteiger partial charge in [-0.2, -0.15) is 0 Å². The van der Waals surface area contributed by atoms with E-state index in [9.17, 15) is 5.11 Å². The summed E-state index contributed by atoms with van der Waals surface area (Å²) in [5, 5.41) is 9.47. The summed E-state index contributed by atoms with van der Waals surface area (Å²) in [5.74, 6) is 1.98. The fraction of sp³-hybridized carbons (Fsp3) is 1.00. The Hall–Kier alpha value is -0.0800. The lowest BCUT2D eigenvalue weighted by molar-refractivity contribution is 0.0835. The molecule has 2 heteroatoms. The highest BCUT2D eigenvalue weighted by molar-refractivity contribution is 4.95. The SMILES string of the molecule is NCC1CC2CC(O)C1C2. The minimum absolute atomic E-state index is 0.0210. The van der Waals surface area contributed by atoms with Gasteiger partial charge in [-0.3, -0.25) is 0 Å². The summed E-state index contributed by atoms with van der Waals surface area (Å²) in [6.45, 7) is 0.776. The first-order chi connectivity index (χ1) is 4.81. The predicted molar refractivity (Wildman–Crippen MR) is 39.4 cm³/mol. The van der Waals surface area contributed by atoms with Crippen LogP contribution in [0, 0.1) is 17.8 Å². The monoisotopic (exact) mass is 141 g/mol. The van der Waals surface area contributed by atoms with E-state index in [1.807, 2.05) is 0 Å². The fourth-order valence-corrected chi connectivity index (χ4v) is 2.73. The van der Waals surface area contributed by atoms with Crippen molar-refractivity contribution < 1.29 is 5.11 Å². The van der Waals surface area contributed by atoms with Crippen LogP contribution in [-0.2, 0) is 0 Å². The van der Waals surface area contributed by atoms with E-state index < -0.39 is 0 Å². The highest BCUT2D eigenvalue weighted by Gasteiger charge is 2.44. The van der Waals surface area contributed by atoms with Gasteiger partial charge in [0.1, 0.15) is 0 Å². The first-order valence-corrected chi connectivity index (χ1v) is 4.19. The Morgan fingerprint density at radius 1 is 1.30 bits per heavy atom. The Morgan fingerprint density at radius 2 is 2.10 bits per heavy atom. The number of aliphatic hydroxyl groups is 1. The molecule has 2 saturated carbocycles. The Morgan fingerprint density at radius 3 is 2.50 bits per heavy atom. The molecule has 0 saturated heterocycles. The highest BCUT2D eigenvalue weighted by Crippen LogP contribution is 2.47. The first kappa shape index (κ1) is 6.62. The summed E-state index contributed by atoms with van der Waals surface area (Å²) in [6.07, 6.45) is 3.54. The van der Waals surface area contributed by atoms with E-state index in [2.05, 4.69) is 0 Å². The van der Waals surface area contributed by atoms with Crippen LogP contribution in [0.25, 0.3) is 0 Å². The van der Waals surface area contributed by atoms with Gasteiger partial charge in [0.25, 0.3) is 0 Å². The summed E-state index contributed by atoms with van der Waals surface area (Å²) in [7, 11) is 0. The number of fused-ring (bicyclic) bond motifs is 2. The molecule has 0 aromatic heterocycles. The summed E-state index contributed by atoms with van der Waals surface area (Å²) < 4.78 is 0. The van der Waals surface area contributed by atoms with Crippen molar-refractivity contribution in [3.8, 4) is 0 Å². The lowest BCUT2D eigenvalue weighted by Crippen LogP contribution is -2.29. The molecule has 0 radical (unpaired) electrons. The standard InChI is InChI=1S/C8H15NO/c9-4-6-1-5-2-7(6)8(10)3-5/h5-8,10H,1-4,9H2. The molecule has 0 aromatic carbocycles. The molecule has 2 aliphatic carbocycles. The third-order valence-electron chi connectivity index (χ3n) is 3.22. The maximum Gasteiger partial charge on any atom is 0.0574 e. The van der Waals surface area contributed by atoms with Crippen LogP contribution >= 0.6 is 0 Å². The van der Waals surface area contributed by atoms with E-state index in [0.29, 0.717) is 11.8 Å². The van der Waals surface area contributed by atoms with Crippen molar-refractivity contribution >= 4 is 0 Å². The molecular weight excluding hydrogens is 126 g/mol. The summed E-state index contributed by atoms with van der Waals surface area (Å²) in [5.41, 5.74) is 5.57. The van der Waals surface area contributed by atoms with Crippen molar-refractivity contribution in [3.05, 3.63) is 0 Å². The number of hydrogen-bond acceptors (Lipinski definition) is 2. The third-order valence-corrected chi connectivity index (χ3v) is 3.22. The Bertz CT molecular complexity index is 135. The molecule has 0 amide bonds. The van der Waals surface area contributed by atoms with Crippen LogP contribution in [0.1, 0.15) is 19.3 Å². The molecule has 10 heavy (non-hydrogen) atoms. The highest BCUT2D eigenvalue weighted by atomic mass is 16.3. The van der Waals surface area contributed by atoms with E-state index in [1.165, 1.54) is 12.8 Å².